The molecule has 1 nitrogen and oxygen atoms in total. The molecule has 0 fully saturated rings. The van der Waals surface area contributed by atoms with Crippen molar-refractivity contribution in [3.05, 3.63) is 60.3 Å². The van der Waals surface area contributed by atoms with Crippen molar-refractivity contribution in [3.63, 3.8) is 0 Å². The van der Waals surface area contributed by atoms with Crippen LogP contribution in [-0.4, -0.2) is 39.5 Å². The van der Waals surface area contributed by atoms with E-state index in [4.69, 9.17) is 5.73 Å². The van der Waals surface area contributed by atoms with Crippen LogP contribution in [0, 0.1) is 0 Å². The summed E-state index contributed by atoms with van der Waals surface area (Å²) >= 11 is -1.09. The molecule has 2 aromatic rings. The fraction of sp³-hybridized carbons (Fsp3) is 0.333. The second-order valence-electron chi connectivity index (χ2n) is 5.91. The van der Waals surface area contributed by atoms with Crippen LogP contribution in [0.4, 0.5) is 5.69 Å². The zero-order chi connectivity index (χ0) is 16.3. The standard InChI is InChI=1S/C12H10N.6CH3.2Sn/c13-12-9-5-4-8-11(12)10-6-2-1-3-7-10;;;;;;;;/h1-9,13H;6*1H3;;/q-1;;;;;;;;+1. The molecule has 0 aliphatic rings. The normalized spacial score (nSPS) is 9.10. The smallest absolute Gasteiger partial charge is 0.0196 e. The SMILES string of the molecule is [CH3][Sn+]([CH3])[CH3].[CH3][Sn]([CH3])[CH3].[NH-]c1ccccc1-c1ccccc1. The van der Waals surface area contributed by atoms with Gasteiger partial charge in [0.15, 0.2) is 0 Å². The van der Waals surface area contributed by atoms with Crippen molar-refractivity contribution in [2.75, 3.05) is 0 Å². The minimum Gasteiger partial charge on any atom is -0.698 e. The van der Waals surface area contributed by atoms with Gasteiger partial charge in [0.2, 0.25) is 0 Å². The second kappa shape index (κ2) is 12.4. The summed E-state index contributed by atoms with van der Waals surface area (Å²) in [7, 11) is 0. The first kappa shape index (κ1) is 20.8. The maximum Gasteiger partial charge on any atom is -0.0196 e. The third-order valence-corrected chi connectivity index (χ3v) is 2.01. The van der Waals surface area contributed by atoms with E-state index in [1.807, 2.05) is 54.6 Å². The molecule has 1 N–H and O–H groups in total. The Kier molecular flexibility index (Phi) is 12.3. The van der Waals surface area contributed by atoms with E-state index in [1.165, 1.54) is 0 Å². The first-order valence-electron chi connectivity index (χ1n) is 7.24. The molecule has 1 radical (unpaired) electrons. The molecular formula is C18H28NSn2. The molecular weight excluding hydrogens is 468 g/mol. The van der Waals surface area contributed by atoms with Gasteiger partial charge >= 0.3 is 69.2 Å². The van der Waals surface area contributed by atoms with Crippen molar-refractivity contribution < 1.29 is 0 Å². The summed E-state index contributed by atoms with van der Waals surface area (Å²) in [6.45, 7) is 0. The Bertz CT molecular complexity index is 470. The van der Waals surface area contributed by atoms with Crippen LogP contribution in [0.3, 0.4) is 0 Å². The molecule has 0 aliphatic heterocycles. The first-order chi connectivity index (χ1) is 9.84. The summed E-state index contributed by atoms with van der Waals surface area (Å²) in [6, 6.07) is 17.6. The van der Waals surface area contributed by atoms with E-state index in [-0.39, 0.29) is 0 Å². The van der Waals surface area contributed by atoms with Crippen LogP contribution in [-0.2, 0) is 0 Å². The Morgan fingerprint density at radius 3 is 1.57 bits per heavy atom. The van der Waals surface area contributed by atoms with E-state index in [9.17, 15) is 0 Å². The molecule has 0 aliphatic carbocycles. The molecule has 0 heterocycles. The molecule has 0 saturated carbocycles. The fourth-order valence-corrected chi connectivity index (χ4v) is 1.35. The van der Waals surface area contributed by atoms with Gasteiger partial charge in [-0.15, -0.1) is 5.69 Å². The molecule has 2 aromatic carbocycles. The summed E-state index contributed by atoms with van der Waals surface area (Å²) in [5, 5.41) is 0. The third kappa shape index (κ3) is 12.1. The largest absolute Gasteiger partial charge is 0.698 e. The molecule has 0 aromatic heterocycles. The minimum absolute atomic E-state index is 0.543. The van der Waals surface area contributed by atoms with E-state index in [0.717, 1.165) is 11.1 Å². The Hall–Kier alpha value is -0.163. The Morgan fingerprint density at radius 2 is 1.14 bits per heavy atom. The summed E-state index contributed by atoms with van der Waals surface area (Å²) in [5.74, 6) is 0. The Balaban J connectivity index is 0.000000421. The van der Waals surface area contributed by atoms with Crippen LogP contribution >= 0.6 is 0 Å². The van der Waals surface area contributed by atoms with Gasteiger partial charge in [-0.3, -0.25) is 0 Å². The Morgan fingerprint density at radius 1 is 0.762 bits per heavy atom. The van der Waals surface area contributed by atoms with Crippen LogP contribution in [0.5, 0.6) is 0 Å². The molecule has 2 rings (SSSR count). The summed E-state index contributed by atoms with van der Waals surface area (Å²) < 4.78 is 0. The summed E-state index contributed by atoms with van der Waals surface area (Å²) in [4.78, 5) is 14.2. The maximum absolute atomic E-state index is 7.71. The zero-order valence-corrected chi connectivity index (χ0v) is 19.9. The molecule has 0 atom stereocenters. The molecule has 0 saturated heterocycles. The van der Waals surface area contributed by atoms with Crippen LogP contribution in [0.25, 0.3) is 16.9 Å². The van der Waals surface area contributed by atoms with Crippen molar-refractivity contribution in [1.29, 1.82) is 0 Å². The van der Waals surface area contributed by atoms with Gasteiger partial charge in [-0.1, -0.05) is 54.6 Å². The van der Waals surface area contributed by atoms with Crippen LogP contribution in [0.15, 0.2) is 54.6 Å². The predicted molar refractivity (Wildman–Crippen MR) is 103 cm³/mol. The number of hydrogen-bond acceptors (Lipinski definition) is 0. The van der Waals surface area contributed by atoms with Gasteiger partial charge in [0.1, 0.15) is 0 Å². The van der Waals surface area contributed by atoms with E-state index in [1.54, 1.807) is 0 Å². The number of hydrogen-bond donors (Lipinski definition) is 0. The minimum atomic E-state index is -0.543. The van der Waals surface area contributed by atoms with Gasteiger partial charge in [-0.2, -0.15) is 0 Å². The molecule has 21 heavy (non-hydrogen) atoms. The molecule has 113 valence electrons. The molecule has 0 unspecified atom stereocenters. The molecule has 0 spiro atoms. The average molecular weight is 496 g/mol. The molecule has 3 heteroatoms. The monoisotopic (exact) mass is 498 g/mol. The van der Waals surface area contributed by atoms with Gasteiger partial charge in [0.25, 0.3) is 0 Å². The van der Waals surface area contributed by atoms with Crippen LogP contribution < -0.4 is 0 Å². The quantitative estimate of drug-likeness (QED) is 0.390. The van der Waals surface area contributed by atoms with E-state index >= 15 is 0 Å². The van der Waals surface area contributed by atoms with Crippen LogP contribution in [0.2, 0.25) is 29.6 Å². The van der Waals surface area contributed by atoms with E-state index in [2.05, 4.69) is 29.6 Å². The van der Waals surface area contributed by atoms with Crippen molar-refractivity contribution in [1.82, 2.24) is 0 Å². The van der Waals surface area contributed by atoms with Crippen molar-refractivity contribution >= 4 is 45.2 Å². The van der Waals surface area contributed by atoms with Gasteiger partial charge < -0.3 is 5.73 Å². The zero-order valence-electron chi connectivity index (χ0n) is 14.2. The number of benzene rings is 2. The van der Waals surface area contributed by atoms with Crippen molar-refractivity contribution in [2.45, 2.75) is 29.6 Å². The van der Waals surface area contributed by atoms with Crippen molar-refractivity contribution in [3.8, 4) is 11.1 Å². The first-order valence-corrected chi connectivity index (χ1v) is 24.4. The molecule has 0 bridgehead atoms. The third-order valence-electron chi connectivity index (χ3n) is 2.01. The van der Waals surface area contributed by atoms with E-state index < -0.39 is 39.5 Å². The topological polar surface area (TPSA) is 23.8 Å². The number of nitrogens with one attached hydrogen (secondary N) is 1. The summed E-state index contributed by atoms with van der Waals surface area (Å²) in [5.41, 5.74) is 10.4. The predicted octanol–water partition coefficient (Wildman–Crippen LogP) is 6.78. The van der Waals surface area contributed by atoms with Gasteiger partial charge in [0, 0.05) is 0 Å². The number of rotatable bonds is 1. The van der Waals surface area contributed by atoms with Crippen LogP contribution in [0.1, 0.15) is 0 Å². The maximum atomic E-state index is 7.71. The fourth-order valence-electron chi connectivity index (χ4n) is 1.35. The van der Waals surface area contributed by atoms with E-state index in [0.29, 0.717) is 5.69 Å². The van der Waals surface area contributed by atoms with Crippen molar-refractivity contribution in [2.24, 2.45) is 0 Å². The van der Waals surface area contributed by atoms with Gasteiger partial charge in [-0.05, 0) is 11.1 Å². The summed E-state index contributed by atoms with van der Waals surface area (Å²) in [6.07, 6.45) is 0. The average Bonchev–Trinajstić information content (AvgIpc) is 2.39. The van der Waals surface area contributed by atoms with Gasteiger partial charge in [0.05, 0.1) is 0 Å². The van der Waals surface area contributed by atoms with Gasteiger partial charge in [-0.25, -0.2) is 0 Å². The Labute approximate surface area is 145 Å². The second-order valence-corrected chi connectivity index (χ2v) is 23.0. The molecule has 0 amide bonds.